The van der Waals surface area contributed by atoms with Crippen molar-refractivity contribution in [2.45, 2.75) is 45.6 Å². The zero-order chi connectivity index (χ0) is 16.8. The van der Waals surface area contributed by atoms with Crippen LogP contribution in [0.2, 0.25) is 0 Å². The van der Waals surface area contributed by atoms with Crippen molar-refractivity contribution in [1.82, 2.24) is 4.90 Å². The first-order chi connectivity index (χ1) is 10.8. The molecule has 5 nitrogen and oxygen atoms in total. The number of fused-ring (bicyclic) bond motifs is 1. The molecule has 0 aromatic carbocycles. The summed E-state index contributed by atoms with van der Waals surface area (Å²) in [6.45, 7) is 12.2. The van der Waals surface area contributed by atoms with Gasteiger partial charge in [0.1, 0.15) is 6.23 Å². The van der Waals surface area contributed by atoms with Crippen LogP contribution in [0, 0.1) is 23.2 Å². The van der Waals surface area contributed by atoms with Crippen molar-refractivity contribution in [3.63, 3.8) is 0 Å². The van der Waals surface area contributed by atoms with Crippen LogP contribution in [0.25, 0.3) is 0 Å². The summed E-state index contributed by atoms with van der Waals surface area (Å²) in [5.41, 5.74) is 0.0351. The van der Waals surface area contributed by atoms with Crippen LogP contribution in [-0.2, 0) is 19.0 Å². The molecule has 23 heavy (non-hydrogen) atoms. The molecule has 2 aliphatic heterocycles. The van der Waals surface area contributed by atoms with Gasteiger partial charge in [-0.2, -0.15) is 0 Å². The smallest absolute Gasteiger partial charge is 0.228 e. The molecular weight excluding hydrogens is 294 g/mol. The van der Waals surface area contributed by atoms with Gasteiger partial charge in [0.05, 0.1) is 19.1 Å². The Balaban J connectivity index is 1.86. The van der Waals surface area contributed by atoms with Crippen molar-refractivity contribution < 1.29 is 19.0 Å². The van der Waals surface area contributed by atoms with Crippen molar-refractivity contribution in [3.8, 4) is 0 Å². The lowest BCUT2D eigenvalue weighted by Gasteiger charge is -2.50. The number of amides is 1. The average molecular weight is 323 g/mol. The van der Waals surface area contributed by atoms with E-state index >= 15 is 0 Å². The highest BCUT2D eigenvalue weighted by atomic mass is 16.7. The number of carbonyl (C=O) groups excluding carboxylic acids is 1. The molecule has 0 unspecified atom stereocenters. The standard InChI is InChI=1S/C18H29NO4/c1-6-12-8-18(22-10-17(3,4)11-23-18)9-13-14(12)15(20)19(5)16(13)21-7-2/h6,12-14,16H,1,7-11H2,2-5H3/t12-,13+,14-,16-/m1/s1. The lowest BCUT2D eigenvalue weighted by molar-refractivity contribution is -0.324. The number of rotatable bonds is 3. The van der Waals surface area contributed by atoms with Crippen molar-refractivity contribution in [3.05, 3.63) is 12.7 Å². The second-order valence-electron chi connectivity index (χ2n) is 7.94. The molecule has 130 valence electrons. The first-order valence-corrected chi connectivity index (χ1v) is 8.61. The fourth-order valence-corrected chi connectivity index (χ4v) is 4.27. The third-order valence-electron chi connectivity index (χ3n) is 5.49. The minimum Gasteiger partial charge on any atom is -0.358 e. The average Bonchev–Trinajstić information content (AvgIpc) is 2.75. The highest BCUT2D eigenvalue weighted by Gasteiger charge is 2.59. The van der Waals surface area contributed by atoms with Crippen LogP contribution in [-0.4, -0.2) is 49.7 Å². The van der Waals surface area contributed by atoms with E-state index in [4.69, 9.17) is 14.2 Å². The topological polar surface area (TPSA) is 48.0 Å². The molecule has 3 rings (SSSR count). The number of ether oxygens (including phenoxy) is 3. The van der Waals surface area contributed by atoms with E-state index in [9.17, 15) is 4.79 Å². The van der Waals surface area contributed by atoms with E-state index in [2.05, 4.69) is 20.4 Å². The molecule has 0 bridgehead atoms. The number of nitrogens with zero attached hydrogens (tertiary/aromatic N) is 1. The third kappa shape index (κ3) is 2.83. The fourth-order valence-electron chi connectivity index (χ4n) is 4.27. The number of likely N-dealkylation sites (tertiary alicyclic amines) is 1. The predicted molar refractivity (Wildman–Crippen MR) is 86.5 cm³/mol. The van der Waals surface area contributed by atoms with Crippen LogP contribution in [0.1, 0.15) is 33.6 Å². The van der Waals surface area contributed by atoms with Crippen molar-refractivity contribution in [1.29, 1.82) is 0 Å². The Bertz CT molecular complexity index is 479. The van der Waals surface area contributed by atoms with Gasteiger partial charge in [0.25, 0.3) is 0 Å². The SMILES string of the molecule is C=C[C@@H]1CC2(C[C@H]3[C@@H]1C(=O)N(C)[C@@H]3OCC)OCC(C)(C)CO2. The van der Waals surface area contributed by atoms with Crippen molar-refractivity contribution in [2.24, 2.45) is 23.2 Å². The summed E-state index contributed by atoms with van der Waals surface area (Å²) in [5.74, 6) is -0.358. The highest BCUT2D eigenvalue weighted by molar-refractivity contribution is 5.82. The van der Waals surface area contributed by atoms with Crippen LogP contribution in [0.3, 0.4) is 0 Å². The van der Waals surface area contributed by atoms with Gasteiger partial charge in [0.15, 0.2) is 5.79 Å². The van der Waals surface area contributed by atoms with Gasteiger partial charge in [-0.05, 0) is 12.8 Å². The Morgan fingerprint density at radius 1 is 1.35 bits per heavy atom. The molecule has 4 atom stereocenters. The van der Waals surface area contributed by atoms with E-state index < -0.39 is 5.79 Å². The summed E-state index contributed by atoms with van der Waals surface area (Å²) >= 11 is 0. The van der Waals surface area contributed by atoms with Gasteiger partial charge in [-0.15, -0.1) is 6.58 Å². The van der Waals surface area contributed by atoms with E-state index in [1.165, 1.54) is 0 Å². The Labute approximate surface area is 138 Å². The molecule has 0 N–H and O–H groups in total. The highest BCUT2D eigenvalue weighted by Crippen LogP contribution is 2.51. The van der Waals surface area contributed by atoms with Gasteiger partial charge in [-0.1, -0.05) is 19.9 Å². The van der Waals surface area contributed by atoms with E-state index in [0.29, 0.717) is 32.7 Å². The Hall–Kier alpha value is -0.910. The van der Waals surface area contributed by atoms with Gasteiger partial charge in [-0.25, -0.2) is 0 Å². The summed E-state index contributed by atoms with van der Waals surface area (Å²) < 4.78 is 18.3. The summed E-state index contributed by atoms with van der Waals surface area (Å²) in [6, 6.07) is 0. The number of hydrogen-bond acceptors (Lipinski definition) is 4. The van der Waals surface area contributed by atoms with Crippen LogP contribution >= 0.6 is 0 Å². The number of allylic oxidation sites excluding steroid dienone is 1. The molecule has 2 saturated heterocycles. The maximum absolute atomic E-state index is 12.7. The Morgan fingerprint density at radius 2 is 2.00 bits per heavy atom. The van der Waals surface area contributed by atoms with E-state index in [0.717, 1.165) is 0 Å². The summed E-state index contributed by atoms with van der Waals surface area (Å²) in [7, 11) is 1.83. The van der Waals surface area contributed by atoms with Crippen LogP contribution in [0.15, 0.2) is 12.7 Å². The molecule has 3 fully saturated rings. The molecule has 3 aliphatic rings. The minimum absolute atomic E-state index is 0.0351. The maximum Gasteiger partial charge on any atom is 0.228 e. The van der Waals surface area contributed by atoms with E-state index in [1.807, 2.05) is 20.0 Å². The second kappa shape index (κ2) is 5.87. The van der Waals surface area contributed by atoms with Gasteiger partial charge < -0.3 is 19.1 Å². The maximum atomic E-state index is 12.7. The van der Waals surface area contributed by atoms with Crippen LogP contribution in [0.5, 0.6) is 0 Å². The fraction of sp³-hybridized carbons (Fsp3) is 0.833. The minimum atomic E-state index is -0.601. The first kappa shape index (κ1) is 16.9. The van der Waals surface area contributed by atoms with Gasteiger partial charge in [-0.3, -0.25) is 4.79 Å². The van der Waals surface area contributed by atoms with E-state index in [1.54, 1.807) is 4.90 Å². The zero-order valence-electron chi connectivity index (χ0n) is 14.7. The summed E-state index contributed by atoms with van der Waals surface area (Å²) in [5, 5.41) is 0. The Kier molecular flexibility index (Phi) is 4.32. The summed E-state index contributed by atoms with van der Waals surface area (Å²) in [6.07, 6.45) is 3.11. The molecule has 1 amide bonds. The zero-order valence-corrected chi connectivity index (χ0v) is 14.7. The molecule has 1 aliphatic carbocycles. The lowest BCUT2D eigenvalue weighted by Crippen LogP contribution is -2.54. The quantitative estimate of drug-likeness (QED) is 0.749. The molecule has 0 aromatic heterocycles. The van der Waals surface area contributed by atoms with Crippen molar-refractivity contribution in [2.75, 3.05) is 26.9 Å². The molecule has 5 heteroatoms. The molecule has 1 saturated carbocycles. The molecule has 0 radical (unpaired) electrons. The monoisotopic (exact) mass is 323 g/mol. The number of hydrogen-bond donors (Lipinski definition) is 0. The molecule has 2 heterocycles. The summed E-state index contributed by atoms with van der Waals surface area (Å²) in [4.78, 5) is 14.4. The molecular formula is C18H29NO4. The van der Waals surface area contributed by atoms with Gasteiger partial charge in [0, 0.05) is 37.8 Å². The molecule has 1 spiro atoms. The predicted octanol–water partition coefficient (Wildman–Crippen LogP) is 2.42. The number of carbonyl (C=O) groups is 1. The lowest BCUT2D eigenvalue weighted by atomic mass is 9.69. The molecule has 0 aromatic rings. The third-order valence-corrected chi connectivity index (χ3v) is 5.49. The largest absolute Gasteiger partial charge is 0.358 e. The van der Waals surface area contributed by atoms with Crippen LogP contribution in [0.4, 0.5) is 0 Å². The first-order valence-electron chi connectivity index (χ1n) is 8.61. The second-order valence-corrected chi connectivity index (χ2v) is 7.94. The van der Waals surface area contributed by atoms with Crippen LogP contribution < -0.4 is 0 Å². The van der Waals surface area contributed by atoms with Crippen molar-refractivity contribution >= 4 is 5.91 Å². The normalized spacial score (nSPS) is 38.6. The Morgan fingerprint density at radius 3 is 2.57 bits per heavy atom. The van der Waals surface area contributed by atoms with Gasteiger partial charge >= 0.3 is 0 Å². The van der Waals surface area contributed by atoms with Gasteiger partial charge in [0.2, 0.25) is 5.91 Å². The van der Waals surface area contributed by atoms with E-state index in [-0.39, 0.29) is 35.3 Å².